The summed E-state index contributed by atoms with van der Waals surface area (Å²) in [6.45, 7) is 9.55. The number of hydrogen-bond acceptors (Lipinski definition) is 13. The number of phenols is 1. The number of likely N-dealkylation sites (tertiary alicyclic amines) is 1. The van der Waals surface area contributed by atoms with E-state index in [1.54, 1.807) is 46.9 Å². The number of H-pyrrole nitrogens is 1. The number of aromatic nitrogens is 2. The van der Waals surface area contributed by atoms with Crippen LogP contribution < -0.4 is 48.7 Å². The second kappa shape index (κ2) is 29.5. The highest BCUT2D eigenvalue weighted by atomic mass is 16.4. The number of carbonyl (C=O) groups excluding carboxylic acids is 7. The third kappa shape index (κ3) is 20.1. The number of carbonyl (C=O) groups is 9. The summed E-state index contributed by atoms with van der Waals surface area (Å²) in [5.41, 5.74) is 11.9. The Balaban J connectivity index is 0.00000403. The molecule has 1 aliphatic rings. The minimum Gasteiger partial charge on any atom is -0.508 e. The van der Waals surface area contributed by atoms with Crippen LogP contribution >= 0.6 is 0 Å². The SMILES string of the molecule is CC(=O)O.CCC(C)C(NC(=O)C(Cc1ccc(O)cc1)NC(=O)C(NC(=O)C(CCCN=C(N)N)NC(=O)CNC)C(C)C)C(=O)NC(Cc1cnc[nH]1)C(=O)N1CCCC1C(=O)NC(C)C(=O)O. The van der Waals surface area contributed by atoms with Crippen LogP contribution in [0.25, 0.3) is 0 Å². The van der Waals surface area contributed by atoms with Crippen molar-refractivity contribution in [1.82, 2.24) is 52.1 Å². The molecule has 8 unspecified atom stereocenters. The highest BCUT2D eigenvalue weighted by Gasteiger charge is 2.40. The molecule has 0 aliphatic carbocycles. The van der Waals surface area contributed by atoms with Crippen LogP contribution in [0.1, 0.15) is 84.9 Å². The summed E-state index contributed by atoms with van der Waals surface area (Å²) in [6, 6.07) is -2.40. The molecule has 70 heavy (non-hydrogen) atoms. The first-order valence-electron chi connectivity index (χ1n) is 23.0. The highest BCUT2D eigenvalue weighted by Crippen LogP contribution is 2.21. The van der Waals surface area contributed by atoms with E-state index >= 15 is 0 Å². The number of carboxylic acids is 2. The van der Waals surface area contributed by atoms with E-state index in [0.717, 1.165) is 6.92 Å². The van der Waals surface area contributed by atoms with Crippen LogP contribution in [0.15, 0.2) is 41.8 Å². The molecule has 1 aliphatic heterocycles. The van der Waals surface area contributed by atoms with Gasteiger partial charge in [0.1, 0.15) is 48.0 Å². The minimum atomic E-state index is -1.34. The van der Waals surface area contributed by atoms with Crippen LogP contribution in [0, 0.1) is 11.8 Å². The standard InChI is InChI=1S/C43H67N13O10.C2H4O2/c1-7-24(4)35(40(63)53-31(19-27-20-47-22-49-27)41(64)56-17-9-11-32(56)38(61)50-25(5)42(65)66)55-37(60)30(18-26-12-14-28(57)15-13-26)52-39(62)34(23(2)3)54-36(59)29(51-33(58)21-46-6)10-8-16-48-43(44)45;1-2(3)4/h12-15,20,22-25,29-32,34-35,46,57H,7-11,16-19,21H2,1-6H3,(H,47,49)(H,50,61)(H,51,58)(H,52,62)(H,53,63)(H,54,59)(H,55,60)(H,65,66)(H4,44,45,48);1H3,(H,3,4). The van der Waals surface area contributed by atoms with Crippen LogP contribution in [0.5, 0.6) is 5.75 Å². The zero-order valence-corrected chi connectivity index (χ0v) is 40.7. The zero-order chi connectivity index (χ0) is 52.7. The molecule has 0 bridgehead atoms. The van der Waals surface area contributed by atoms with Gasteiger partial charge in [-0.1, -0.05) is 46.2 Å². The number of amides is 7. The number of guanidine groups is 1. The third-order valence-corrected chi connectivity index (χ3v) is 11.1. The first-order valence-corrected chi connectivity index (χ1v) is 23.0. The van der Waals surface area contributed by atoms with E-state index in [0.29, 0.717) is 30.5 Å². The van der Waals surface area contributed by atoms with Crippen molar-refractivity contribution in [3.05, 3.63) is 48.0 Å². The summed E-state index contributed by atoms with van der Waals surface area (Å²) in [6.07, 6.45) is 4.25. The first-order chi connectivity index (χ1) is 33.0. The number of imidazole rings is 1. The van der Waals surface area contributed by atoms with E-state index in [1.807, 2.05) is 0 Å². The molecular formula is C45H71N13O12. The number of phenolic OH excluding ortho intramolecular Hbond substituents is 1. The number of nitrogens with one attached hydrogen (secondary N) is 8. The van der Waals surface area contributed by atoms with Gasteiger partial charge in [-0.2, -0.15) is 0 Å². The first kappa shape index (κ1) is 58.8. The molecule has 1 aromatic heterocycles. The summed E-state index contributed by atoms with van der Waals surface area (Å²) in [5, 5.41) is 45.5. The van der Waals surface area contributed by atoms with E-state index in [2.05, 4.69) is 52.2 Å². The van der Waals surface area contributed by atoms with Gasteiger partial charge in [0.15, 0.2) is 5.96 Å². The number of nitrogens with zero attached hydrogens (tertiary/aromatic N) is 3. The average Bonchev–Trinajstić information content (AvgIpc) is 4.01. The summed E-state index contributed by atoms with van der Waals surface area (Å²) < 4.78 is 0. The Morgan fingerprint density at radius 3 is 1.99 bits per heavy atom. The third-order valence-electron chi connectivity index (χ3n) is 11.1. The van der Waals surface area contributed by atoms with E-state index in [4.69, 9.17) is 21.4 Å². The molecule has 1 aromatic carbocycles. The molecule has 0 radical (unpaired) electrons. The summed E-state index contributed by atoms with van der Waals surface area (Å²) in [5.74, 6) is -7.94. The summed E-state index contributed by atoms with van der Waals surface area (Å²) in [7, 11) is 1.57. The van der Waals surface area contributed by atoms with Crippen molar-refractivity contribution in [1.29, 1.82) is 0 Å². The average molecular weight is 986 g/mol. The van der Waals surface area contributed by atoms with Crippen LogP contribution in [-0.4, -0.2) is 158 Å². The lowest BCUT2D eigenvalue weighted by atomic mass is 9.96. The molecule has 25 heteroatoms. The normalized spacial score (nSPS) is 16.0. The summed E-state index contributed by atoms with van der Waals surface area (Å²) in [4.78, 5) is 129. The Labute approximate surface area is 406 Å². The molecule has 7 amide bonds. The van der Waals surface area contributed by atoms with Crippen LogP contribution in [0.2, 0.25) is 0 Å². The van der Waals surface area contributed by atoms with Gasteiger partial charge >= 0.3 is 5.97 Å². The number of aromatic hydroxyl groups is 1. The lowest BCUT2D eigenvalue weighted by Gasteiger charge is -2.32. The fourth-order valence-corrected chi connectivity index (χ4v) is 7.21. The molecule has 2 aromatic rings. The van der Waals surface area contributed by atoms with Crippen molar-refractivity contribution in [3.63, 3.8) is 0 Å². The van der Waals surface area contributed by atoms with Gasteiger partial charge in [0.25, 0.3) is 5.97 Å². The minimum absolute atomic E-state index is 0.0375. The number of rotatable bonds is 26. The molecule has 0 spiro atoms. The number of carboxylic acid groups (broad SMARTS) is 2. The van der Waals surface area contributed by atoms with Crippen molar-refractivity contribution in [2.75, 3.05) is 26.7 Å². The number of nitrogens with two attached hydrogens (primary N) is 2. The van der Waals surface area contributed by atoms with Crippen molar-refractivity contribution in [3.8, 4) is 5.75 Å². The van der Waals surface area contributed by atoms with Gasteiger partial charge in [0, 0.05) is 44.7 Å². The summed E-state index contributed by atoms with van der Waals surface area (Å²) >= 11 is 0. The number of aliphatic imine (C=N–C) groups is 1. The second-order valence-corrected chi connectivity index (χ2v) is 17.3. The quantitative estimate of drug-likeness (QED) is 0.0275. The fourth-order valence-electron chi connectivity index (χ4n) is 7.21. The molecule has 3 rings (SSSR count). The van der Waals surface area contributed by atoms with Gasteiger partial charge in [-0.15, -0.1) is 0 Å². The molecule has 388 valence electrons. The van der Waals surface area contributed by atoms with Crippen LogP contribution in [0.4, 0.5) is 0 Å². The molecule has 2 heterocycles. The van der Waals surface area contributed by atoms with Crippen molar-refractivity contribution < 1.29 is 58.5 Å². The van der Waals surface area contributed by atoms with Crippen LogP contribution in [0.3, 0.4) is 0 Å². The lowest BCUT2D eigenvalue weighted by Crippen LogP contribution is -2.62. The number of hydrogen-bond donors (Lipinski definition) is 13. The van der Waals surface area contributed by atoms with E-state index < -0.39 is 107 Å². The van der Waals surface area contributed by atoms with Crippen molar-refractivity contribution >= 4 is 59.2 Å². The number of aliphatic carboxylic acids is 2. The zero-order valence-electron chi connectivity index (χ0n) is 40.7. The molecule has 0 saturated carbocycles. The molecule has 25 nitrogen and oxygen atoms in total. The Hall–Kier alpha value is -7.31. The maximum Gasteiger partial charge on any atom is 0.325 e. The number of benzene rings is 1. The van der Waals surface area contributed by atoms with E-state index in [-0.39, 0.29) is 57.0 Å². The van der Waals surface area contributed by atoms with Gasteiger partial charge in [0.2, 0.25) is 41.4 Å². The molecular weight excluding hydrogens is 915 g/mol. The van der Waals surface area contributed by atoms with Gasteiger partial charge in [0.05, 0.1) is 12.9 Å². The second-order valence-electron chi connectivity index (χ2n) is 17.3. The van der Waals surface area contributed by atoms with Gasteiger partial charge in [-0.3, -0.25) is 48.1 Å². The lowest BCUT2D eigenvalue weighted by molar-refractivity contribution is -0.144. The Morgan fingerprint density at radius 1 is 0.829 bits per heavy atom. The molecule has 8 atom stereocenters. The predicted molar refractivity (Wildman–Crippen MR) is 255 cm³/mol. The maximum absolute atomic E-state index is 14.4. The number of aromatic amines is 1. The smallest absolute Gasteiger partial charge is 0.325 e. The van der Waals surface area contributed by atoms with E-state index in [1.165, 1.54) is 36.5 Å². The highest BCUT2D eigenvalue weighted by molar-refractivity contribution is 5.98. The molecule has 1 saturated heterocycles. The Kier molecular flexibility index (Phi) is 24.8. The van der Waals surface area contributed by atoms with E-state index in [9.17, 15) is 48.6 Å². The predicted octanol–water partition coefficient (Wildman–Crippen LogP) is -2.03. The van der Waals surface area contributed by atoms with Crippen molar-refractivity contribution in [2.24, 2.45) is 28.3 Å². The largest absolute Gasteiger partial charge is 0.508 e. The topological polar surface area (TPSA) is 395 Å². The van der Waals surface area contributed by atoms with Crippen LogP contribution in [-0.2, 0) is 56.0 Å². The fraction of sp³-hybridized carbons (Fsp3) is 0.578. The Bertz CT molecular complexity index is 2090. The molecule has 1 fully saturated rings. The van der Waals surface area contributed by atoms with Gasteiger partial charge in [-0.25, -0.2) is 4.98 Å². The van der Waals surface area contributed by atoms with Crippen molar-refractivity contribution in [2.45, 2.75) is 129 Å². The Morgan fingerprint density at radius 2 is 1.43 bits per heavy atom. The monoisotopic (exact) mass is 986 g/mol. The molecule has 15 N–H and O–H groups in total. The van der Waals surface area contributed by atoms with Gasteiger partial charge in [-0.05, 0) is 69.2 Å². The van der Waals surface area contributed by atoms with Gasteiger partial charge < -0.3 is 73.9 Å². The maximum atomic E-state index is 14.4. The number of likely N-dealkylation sites (N-methyl/N-ethyl adjacent to an activating group) is 1.